The van der Waals surface area contributed by atoms with Crippen molar-refractivity contribution in [2.45, 2.75) is 12.2 Å². The van der Waals surface area contributed by atoms with Crippen molar-refractivity contribution >= 4 is 33.0 Å². The molecule has 0 atom stereocenters. The maximum atomic E-state index is 5.94. The van der Waals surface area contributed by atoms with E-state index in [1.165, 1.54) is 0 Å². The van der Waals surface area contributed by atoms with Crippen LogP contribution in [0.3, 0.4) is 0 Å². The number of ether oxygens (including phenoxy) is 2. The lowest BCUT2D eigenvalue weighted by atomic mass is 10.2. The van der Waals surface area contributed by atoms with Gasteiger partial charge in [-0.1, -0.05) is 35.1 Å². The molecule has 8 heteroatoms. The van der Waals surface area contributed by atoms with E-state index in [0.29, 0.717) is 13.2 Å². The Bertz CT molecular complexity index is 854. The Kier molecular flexibility index (Phi) is 3.31. The Labute approximate surface area is 147 Å². The van der Waals surface area contributed by atoms with Gasteiger partial charge in [0, 0.05) is 23.6 Å². The Morgan fingerprint density at radius 1 is 1.17 bits per heavy atom. The second-order valence-corrected chi connectivity index (χ2v) is 7.39. The van der Waals surface area contributed by atoms with E-state index in [4.69, 9.17) is 21.1 Å². The van der Waals surface area contributed by atoms with Gasteiger partial charge in [-0.25, -0.2) is 9.50 Å². The number of anilines is 1. The molecule has 3 aromatic rings. The minimum atomic E-state index is -0.428. The summed E-state index contributed by atoms with van der Waals surface area (Å²) < 4.78 is 13.4. The Balaban J connectivity index is 1.41. The van der Waals surface area contributed by atoms with Crippen LogP contribution in [0, 0.1) is 0 Å². The van der Waals surface area contributed by atoms with Gasteiger partial charge < -0.3 is 14.4 Å². The zero-order valence-corrected chi connectivity index (χ0v) is 14.4. The van der Waals surface area contributed by atoms with Crippen LogP contribution < -0.4 is 4.90 Å². The first-order valence-electron chi connectivity index (χ1n) is 7.86. The highest BCUT2D eigenvalue weighted by Crippen LogP contribution is 2.35. The molecule has 5 rings (SSSR count). The van der Waals surface area contributed by atoms with Crippen molar-refractivity contribution in [3.63, 3.8) is 0 Å². The number of benzene rings is 1. The molecule has 2 aliphatic rings. The van der Waals surface area contributed by atoms with Crippen LogP contribution in [0.5, 0.6) is 0 Å². The summed E-state index contributed by atoms with van der Waals surface area (Å²) >= 11 is 7.52. The number of hydrogen-bond acceptors (Lipinski definition) is 6. The summed E-state index contributed by atoms with van der Waals surface area (Å²) in [6, 6.07) is 7.67. The van der Waals surface area contributed by atoms with Crippen molar-refractivity contribution in [2.75, 3.05) is 31.2 Å². The smallest absolute Gasteiger partial charge is 0.214 e. The third-order valence-electron chi connectivity index (χ3n) is 4.45. The van der Waals surface area contributed by atoms with E-state index < -0.39 is 5.79 Å². The van der Waals surface area contributed by atoms with E-state index in [1.54, 1.807) is 11.3 Å². The molecule has 0 saturated carbocycles. The second kappa shape index (κ2) is 5.42. The Morgan fingerprint density at radius 2 is 1.96 bits per heavy atom. The van der Waals surface area contributed by atoms with Gasteiger partial charge in [-0.3, -0.25) is 0 Å². The number of rotatable bonds is 2. The third-order valence-corrected chi connectivity index (χ3v) is 5.69. The Morgan fingerprint density at radius 3 is 2.71 bits per heavy atom. The van der Waals surface area contributed by atoms with Crippen LogP contribution in [-0.2, 0) is 9.47 Å². The zero-order valence-electron chi connectivity index (χ0n) is 12.8. The van der Waals surface area contributed by atoms with Gasteiger partial charge in [0.25, 0.3) is 0 Å². The second-order valence-electron chi connectivity index (χ2n) is 6.02. The first-order chi connectivity index (χ1) is 11.7. The van der Waals surface area contributed by atoms with Gasteiger partial charge in [-0.15, -0.1) is 5.10 Å². The lowest BCUT2D eigenvalue weighted by molar-refractivity contribution is -0.137. The molecular weight excluding hydrogens is 348 g/mol. The van der Waals surface area contributed by atoms with Gasteiger partial charge in [-0.05, 0) is 12.1 Å². The summed E-state index contributed by atoms with van der Waals surface area (Å²) in [6.45, 7) is 2.98. The lowest BCUT2D eigenvalue weighted by Crippen LogP contribution is -2.34. The minimum Gasteiger partial charge on any atom is -0.346 e. The van der Waals surface area contributed by atoms with Crippen LogP contribution in [0.25, 0.3) is 16.2 Å². The van der Waals surface area contributed by atoms with Crippen molar-refractivity contribution in [1.29, 1.82) is 0 Å². The molecule has 124 valence electrons. The molecular formula is C16H15ClN4O2S. The Hall–Kier alpha value is -1.67. The fraction of sp³-hybridized carbons (Fsp3) is 0.375. The normalized spacial score (nSPS) is 19.8. The van der Waals surface area contributed by atoms with Crippen molar-refractivity contribution in [1.82, 2.24) is 14.6 Å². The third kappa shape index (κ3) is 2.39. The van der Waals surface area contributed by atoms with Crippen molar-refractivity contribution in [3.8, 4) is 11.3 Å². The standard InChI is InChI=1S/C16H15ClN4O2S/c17-12-3-1-11(2-4-12)13-9-21-14(18-13)24-15(19-21)20-6-5-16(10-20)22-7-8-23-16/h1-4,9H,5-8,10H2. The maximum absolute atomic E-state index is 5.94. The van der Waals surface area contributed by atoms with Gasteiger partial charge in [0.1, 0.15) is 0 Å². The van der Waals surface area contributed by atoms with Crippen molar-refractivity contribution < 1.29 is 9.47 Å². The topological polar surface area (TPSA) is 51.9 Å². The van der Waals surface area contributed by atoms with Gasteiger partial charge in [-0.2, -0.15) is 0 Å². The number of imidazole rings is 1. The lowest BCUT2D eigenvalue weighted by Gasteiger charge is -2.21. The number of fused-ring (bicyclic) bond motifs is 1. The molecule has 0 radical (unpaired) electrons. The molecule has 1 spiro atoms. The van der Waals surface area contributed by atoms with Crippen LogP contribution in [0.1, 0.15) is 6.42 Å². The molecule has 0 amide bonds. The summed E-state index contributed by atoms with van der Waals surface area (Å²) in [7, 11) is 0. The van der Waals surface area contributed by atoms with Crippen molar-refractivity contribution in [3.05, 3.63) is 35.5 Å². The van der Waals surface area contributed by atoms with Crippen LogP contribution >= 0.6 is 22.9 Å². The fourth-order valence-electron chi connectivity index (χ4n) is 3.23. The zero-order chi connectivity index (χ0) is 16.1. The van der Waals surface area contributed by atoms with Crippen LogP contribution in [0.2, 0.25) is 5.02 Å². The molecule has 2 aliphatic heterocycles. The van der Waals surface area contributed by atoms with E-state index in [2.05, 4.69) is 15.0 Å². The average molecular weight is 363 g/mol. The molecule has 24 heavy (non-hydrogen) atoms. The highest BCUT2D eigenvalue weighted by molar-refractivity contribution is 7.20. The number of aromatic nitrogens is 3. The van der Waals surface area contributed by atoms with Crippen LogP contribution in [0.4, 0.5) is 5.13 Å². The van der Waals surface area contributed by atoms with Gasteiger partial charge in [0.2, 0.25) is 10.1 Å². The number of halogens is 1. The predicted molar refractivity (Wildman–Crippen MR) is 92.8 cm³/mol. The molecule has 0 unspecified atom stereocenters. The quantitative estimate of drug-likeness (QED) is 0.701. The molecule has 0 N–H and O–H groups in total. The highest BCUT2D eigenvalue weighted by atomic mass is 35.5. The molecule has 2 saturated heterocycles. The number of nitrogens with zero attached hydrogens (tertiary/aromatic N) is 4. The molecule has 4 heterocycles. The molecule has 2 fully saturated rings. The van der Waals surface area contributed by atoms with E-state index in [9.17, 15) is 0 Å². The summed E-state index contributed by atoms with van der Waals surface area (Å²) in [5.74, 6) is -0.428. The first kappa shape index (κ1) is 14.7. The van der Waals surface area contributed by atoms with E-state index in [0.717, 1.165) is 45.9 Å². The van der Waals surface area contributed by atoms with E-state index in [1.807, 2.05) is 35.0 Å². The molecule has 1 aromatic carbocycles. The van der Waals surface area contributed by atoms with Gasteiger partial charge >= 0.3 is 0 Å². The molecule has 2 aromatic heterocycles. The monoisotopic (exact) mass is 362 g/mol. The van der Waals surface area contributed by atoms with Crippen LogP contribution in [0.15, 0.2) is 30.5 Å². The van der Waals surface area contributed by atoms with E-state index >= 15 is 0 Å². The highest BCUT2D eigenvalue weighted by Gasteiger charge is 2.44. The number of hydrogen-bond donors (Lipinski definition) is 0. The summed E-state index contributed by atoms with van der Waals surface area (Å²) in [5.41, 5.74) is 1.93. The fourth-order valence-corrected chi connectivity index (χ4v) is 4.26. The molecule has 6 nitrogen and oxygen atoms in total. The summed E-state index contributed by atoms with van der Waals surface area (Å²) in [5, 5.41) is 6.35. The SMILES string of the molecule is Clc1ccc(-c2cn3nc(N4CCC5(C4)OCCO5)sc3n2)cc1. The summed E-state index contributed by atoms with van der Waals surface area (Å²) in [4.78, 5) is 7.77. The van der Waals surface area contributed by atoms with Gasteiger partial charge in [0.15, 0.2) is 5.79 Å². The first-order valence-corrected chi connectivity index (χ1v) is 9.05. The molecule has 0 bridgehead atoms. The average Bonchev–Trinajstić information content (AvgIpc) is 3.33. The predicted octanol–water partition coefficient (Wildman–Crippen LogP) is 3.06. The van der Waals surface area contributed by atoms with Crippen molar-refractivity contribution in [2.24, 2.45) is 0 Å². The maximum Gasteiger partial charge on any atom is 0.214 e. The molecule has 0 aliphatic carbocycles. The largest absolute Gasteiger partial charge is 0.346 e. The minimum absolute atomic E-state index is 0.428. The van der Waals surface area contributed by atoms with Gasteiger partial charge in [0.05, 0.1) is 31.6 Å². The summed E-state index contributed by atoms with van der Waals surface area (Å²) in [6.07, 6.45) is 2.83. The van der Waals surface area contributed by atoms with E-state index in [-0.39, 0.29) is 0 Å². The van der Waals surface area contributed by atoms with Crippen LogP contribution in [-0.4, -0.2) is 46.7 Å².